The van der Waals surface area contributed by atoms with Gasteiger partial charge in [0, 0.05) is 0 Å². The van der Waals surface area contributed by atoms with Crippen molar-refractivity contribution in [3.05, 3.63) is 0 Å². The van der Waals surface area contributed by atoms with Gasteiger partial charge in [0.1, 0.15) is 0 Å². The van der Waals surface area contributed by atoms with Crippen molar-refractivity contribution >= 4 is 51.2 Å². The number of carbonyl (C=O) groups is 1. The van der Waals surface area contributed by atoms with Crippen LogP contribution in [0.25, 0.3) is 0 Å². The summed E-state index contributed by atoms with van der Waals surface area (Å²) in [5.74, 6) is -0.179. The second-order valence-corrected chi connectivity index (χ2v) is 5.70. The third-order valence-corrected chi connectivity index (χ3v) is 1.40. The van der Waals surface area contributed by atoms with Gasteiger partial charge in [-0.2, -0.15) is 0 Å². The normalized spacial score (nSPS) is 9.14. The molecule has 0 fully saturated rings. The van der Waals surface area contributed by atoms with E-state index in [1.54, 1.807) is 0 Å². The number of carbonyl (C=O) groups excluding carboxylic acids is 1. The van der Waals surface area contributed by atoms with Gasteiger partial charge in [-0.05, 0) is 0 Å². The first-order valence-corrected chi connectivity index (χ1v) is 4.03. The summed E-state index contributed by atoms with van der Waals surface area (Å²) in [6, 6.07) is 0. The van der Waals surface area contributed by atoms with E-state index >= 15 is 0 Å². The molecule has 0 rings (SSSR count). The summed E-state index contributed by atoms with van der Waals surface area (Å²) < 4.78 is 4.30. The molecule has 0 aliphatic rings. The van der Waals surface area contributed by atoms with Crippen molar-refractivity contribution in [3.8, 4) is 0 Å². The Kier molecular flexibility index (Phi) is 4.39. The van der Waals surface area contributed by atoms with E-state index < -0.39 is 0 Å². The molecule has 0 aliphatic heterocycles. The highest BCUT2D eigenvalue weighted by atomic mass is 127. The number of halogens is 2. The first kappa shape index (κ1) is 7.93. The molecule has 0 bridgehead atoms. The smallest absolute Gasteiger partial charge is 0.328 e. The molecule has 0 aromatic heterocycles. The van der Waals surface area contributed by atoms with Gasteiger partial charge >= 0.3 is 5.97 Å². The molecule has 0 aliphatic carbocycles. The molecule has 2 nitrogen and oxygen atoms in total. The highest BCUT2D eigenvalue weighted by Gasteiger charge is 2.07. The molecule has 0 unspecified atom stereocenters. The van der Waals surface area contributed by atoms with E-state index in [0.717, 1.165) is 0 Å². The van der Waals surface area contributed by atoms with Gasteiger partial charge in [0.25, 0.3) is 0 Å². The molecule has 0 aromatic rings. The lowest BCUT2D eigenvalue weighted by molar-refractivity contribution is -0.137. The minimum absolute atomic E-state index is 0.0554. The SMILES string of the molecule is COC(=O)C(I)I. The molecular formula is C3H4I2O2. The van der Waals surface area contributed by atoms with Crippen LogP contribution in [0.15, 0.2) is 0 Å². The summed E-state index contributed by atoms with van der Waals surface area (Å²) >= 11 is 3.96. The summed E-state index contributed by atoms with van der Waals surface area (Å²) in [6.45, 7) is 0. The molecular weight excluding hydrogens is 322 g/mol. The van der Waals surface area contributed by atoms with Crippen LogP contribution in [0.3, 0.4) is 0 Å². The van der Waals surface area contributed by atoms with Gasteiger partial charge in [-0.25, -0.2) is 0 Å². The van der Waals surface area contributed by atoms with E-state index in [4.69, 9.17) is 0 Å². The van der Waals surface area contributed by atoms with Crippen molar-refractivity contribution < 1.29 is 9.53 Å². The topological polar surface area (TPSA) is 26.3 Å². The van der Waals surface area contributed by atoms with Crippen LogP contribution in [0.1, 0.15) is 0 Å². The third-order valence-electron chi connectivity index (χ3n) is 0.379. The Morgan fingerprint density at radius 3 is 2.14 bits per heavy atom. The van der Waals surface area contributed by atoms with Crippen LogP contribution >= 0.6 is 45.2 Å². The monoisotopic (exact) mass is 326 g/mol. The number of methoxy groups -OCH3 is 1. The van der Waals surface area contributed by atoms with E-state index in [-0.39, 0.29) is 7.90 Å². The van der Waals surface area contributed by atoms with E-state index in [2.05, 4.69) is 4.74 Å². The van der Waals surface area contributed by atoms with E-state index in [1.165, 1.54) is 7.11 Å². The minimum Gasteiger partial charge on any atom is -0.468 e. The fourth-order valence-corrected chi connectivity index (χ4v) is 0.598. The Hall–Kier alpha value is 0.930. The zero-order chi connectivity index (χ0) is 5.86. The van der Waals surface area contributed by atoms with Crippen LogP contribution in [-0.2, 0) is 9.53 Å². The van der Waals surface area contributed by atoms with Gasteiger partial charge < -0.3 is 4.74 Å². The summed E-state index contributed by atoms with van der Waals surface area (Å²) in [5, 5.41) is 0. The fraction of sp³-hybridized carbons (Fsp3) is 0.667. The third kappa shape index (κ3) is 3.51. The minimum atomic E-state index is -0.179. The zero-order valence-corrected chi connectivity index (χ0v) is 7.96. The van der Waals surface area contributed by atoms with Crippen LogP contribution in [-0.4, -0.2) is 15.0 Å². The summed E-state index contributed by atoms with van der Waals surface area (Å²) in [7, 11) is 1.38. The van der Waals surface area contributed by atoms with Crippen LogP contribution in [0.4, 0.5) is 0 Å². The molecule has 0 spiro atoms. The molecule has 7 heavy (non-hydrogen) atoms. The molecule has 42 valence electrons. The van der Waals surface area contributed by atoms with Crippen molar-refractivity contribution in [3.63, 3.8) is 0 Å². The second-order valence-electron chi connectivity index (χ2n) is 0.824. The van der Waals surface area contributed by atoms with Gasteiger partial charge in [-0.1, -0.05) is 45.2 Å². The predicted octanol–water partition coefficient (Wildman–Crippen LogP) is 1.36. The van der Waals surface area contributed by atoms with Crippen LogP contribution in [0.5, 0.6) is 0 Å². The van der Waals surface area contributed by atoms with Crippen LogP contribution in [0, 0.1) is 0 Å². The van der Waals surface area contributed by atoms with Gasteiger partial charge in [-0.3, -0.25) is 4.79 Å². The van der Waals surface area contributed by atoms with Crippen LogP contribution in [0.2, 0.25) is 0 Å². The maximum absolute atomic E-state index is 10.3. The maximum Gasteiger partial charge on any atom is 0.328 e. The van der Waals surface area contributed by atoms with E-state index in [0.29, 0.717) is 0 Å². The Morgan fingerprint density at radius 2 is 2.14 bits per heavy atom. The second kappa shape index (κ2) is 3.88. The first-order valence-electron chi connectivity index (χ1n) is 1.54. The fourth-order valence-electron chi connectivity index (χ4n) is 0.0891. The molecule has 0 N–H and O–H groups in total. The predicted molar refractivity (Wildman–Crippen MR) is 43.8 cm³/mol. The van der Waals surface area contributed by atoms with E-state index in [1.807, 2.05) is 45.2 Å². The zero-order valence-electron chi connectivity index (χ0n) is 3.65. The lowest BCUT2D eigenvalue weighted by atomic mass is 10.8. The summed E-state index contributed by atoms with van der Waals surface area (Å²) in [5.41, 5.74) is 0. The lowest BCUT2D eigenvalue weighted by Gasteiger charge is -1.94. The molecule has 0 aromatic carbocycles. The number of esters is 1. The highest BCUT2D eigenvalue weighted by Crippen LogP contribution is 2.09. The maximum atomic E-state index is 10.3. The number of hydrogen-bond donors (Lipinski definition) is 0. The van der Waals surface area contributed by atoms with Gasteiger partial charge in [0.05, 0.1) is 7.11 Å². The summed E-state index contributed by atoms with van der Waals surface area (Å²) in [6.07, 6.45) is 0. The van der Waals surface area contributed by atoms with Crippen LogP contribution < -0.4 is 0 Å². The van der Waals surface area contributed by atoms with Crippen molar-refractivity contribution in [2.24, 2.45) is 0 Å². The largest absolute Gasteiger partial charge is 0.468 e. The number of ether oxygens (including phenoxy) is 1. The molecule has 0 saturated carbocycles. The molecule has 0 amide bonds. The average molecular weight is 326 g/mol. The number of hydrogen-bond acceptors (Lipinski definition) is 2. The van der Waals surface area contributed by atoms with Gasteiger partial charge in [0.2, 0.25) is 0 Å². The molecule has 4 heteroatoms. The molecule has 0 heterocycles. The van der Waals surface area contributed by atoms with Gasteiger partial charge in [0.15, 0.2) is 1.93 Å². The van der Waals surface area contributed by atoms with Crippen molar-refractivity contribution in [1.82, 2.24) is 0 Å². The molecule has 0 saturated heterocycles. The quantitative estimate of drug-likeness (QED) is 0.413. The Morgan fingerprint density at radius 1 is 1.71 bits per heavy atom. The van der Waals surface area contributed by atoms with Gasteiger partial charge in [-0.15, -0.1) is 0 Å². The number of rotatable bonds is 1. The standard InChI is InChI=1S/C3H4I2O2/c1-7-3(6)2(4)5/h2H,1H3. The highest BCUT2D eigenvalue weighted by molar-refractivity contribution is 14.2. The first-order chi connectivity index (χ1) is 3.18. The van der Waals surface area contributed by atoms with Crippen molar-refractivity contribution in [2.75, 3.05) is 7.11 Å². The molecule has 0 radical (unpaired) electrons. The Bertz CT molecular complexity index is 71.3. The number of alkyl halides is 2. The lowest BCUT2D eigenvalue weighted by Crippen LogP contribution is -2.07. The van der Waals surface area contributed by atoms with Crippen molar-refractivity contribution in [2.45, 2.75) is 1.93 Å². The Balaban J connectivity index is 3.35. The average Bonchev–Trinajstić information content (AvgIpc) is 1.65. The molecule has 0 atom stereocenters. The van der Waals surface area contributed by atoms with Crippen molar-refractivity contribution in [1.29, 1.82) is 0 Å². The summed E-state index contributed by atoms with van der Waals surface area (Å²) in [4.78, 5) is 10.3. The van der Waals surface area contributed by atoms with E-state index in [9.17, 15) is 4.79 Å². The Labute approximate surface area is 69.3 Å².